The Labute approximate surface area is 124 Å². The van der Waals surface area contributed by atoms with Crippen molar-refractivity contribution in [2.24, 2.45) is 11.8 Å². The molecule has 4 nitrogen and oxygen atoms in total. The molecule has 0 rings (SSSR count). The Morgan fingerprint density at radius 1 is 1.14 bits per heavy atom. The standard InChI is InChI=1S/C13H24F3NO3S/c1-4-5-7-11(10(2)3)8-6-9-12(18)17-21(19,20)13(14,15)16/h10-11H,4-9H2,1-3H3,(H,17,18). The third-order valence-electron chi connectivity index (χ3n) is 3.40. The number of sulfonamides is 1. The van der Waals surface area contributed by atoms with Gasteiger partial charge in [-0.3, -0.25) is 4.79 Å². The quantitative estimate of drug-likeness (QED) is 0.702. The Bertz CT molecular complexity index is 419. The Morgan fingerprint density at radius 2 is 1.67 bits per heavy atom. The number of amides is 1. The third-order valence-corrected chi connectivity index (χ3v) is 4.51. The van der Waals surface area contributed by atoms with Crippen LogP contribution in [0.2, 0.25) is 0 Å². The lowest BCUT2D eigenvalue weighted by atomic mass is 9.86. The molecular formula is C13H24F3NO3S. The van der Waals surface area contributed by atoms with Crippen LogP contribution in [0, 0.1) is 11.8 Å². The Hall–Kier alpha value is -0.790. The Morgan fingerprint density at radius 3 is 2.10 bits per heavy atom. The van der Waals surface area contributed by atoms with Crippen molar-refractivity contribution in [1.29, 1.82) is 0 Å². The zero-order valence-corrected chi connectivity index (χ0v) is 13.5. The number of carbonyl (C=O) groups is 1. The highest BCUT2D eigenvalue weighted by Gasteiger charge is 2.46. The fourth-order valence-corrected chi connectivity index (χ4v) is 2.58. The van der Waals surface area contributed by atoms with Gasteiger partial charge >= 0.3 is 15.5 Å². The van der Waals surface area contributed by atoms with E-state index in [0.29, 0.717) is 24.7 Å². The summed E-state index contributed by atoms with van der Waals surface area (Å²) in [5, 5.41) is 0. The van der Waals surface area contributed by atoms with E-state index in [1.807, 2.05) is 0 Å². The van der Waals surface area contributed by atoms with Crippen LogP contribution in [0.15, 0.2) is 0 Å². The van der Waals surface area contributed by atoms with Gasteiger partial charge in [0, 0.05) is 6.42 Å². The lowest BCUT2D eigenvalue weighted by Gasteiger charge is -2.20. The molecule has 0 radical (unpaired) electrons. The van der Waals surface area contributed by atoms with Gasteiger partial charge in [-0.2, -0.15) is 21.6 Å². The molecule has 8 heteroatoms. The van der Waals surface area contributed by atoms with Crippen molar-refractivity contribution in [1.82, 2.24) is 4.72 Å². The number of unbranched alkanes of at least 4 members (excludes halogenated alkanes) is 1. The highest BCUT2D eigenvalue weighted by Crippen LogP contribution is 2.24. The van der Waals surface area contributed by atoms with Crippen LogP contribution in [0.1, 0.15) is 59.3 Å². The molecule has 0 aromatic carbocycles. The molecule has 0 saturated carbocycles. The van der Waals surface area contributed by atoms with Crippen LogP contribution in [-0.2, 0) is 14.8 Å². The molecule has 1 unspecified atom stereocenters. The van der Waals surface area contributed by atoms with Gasteiger partial charge in [-0.1, -0.05) is 40.0 Å². The summed E-state index contributed by atoms with van der Waals surface area (Å²) in [7, 11) is -5.58. The number of carbonyl (C=O) groups excluding carboxylic acids is 1. The molecule has 0 aliphatic carbocycles. The van der Waals surface area contributed by atoms with Crippen LogP contribution in [0.25, 0.3) is 0 Å². The van der Waals surface area contributed by atoms with Crippen LogP contribution in [0.5, 0.6) is 0 Å². The maximum atomic E-state index is 12.1. The number of rotatable bonds is 9. The van der Waals surface area contributed by atoms with Crippen molar-refractivity contribution >= 4 is 15.9 Å². The molecule has 0 aliphatic rings. The first-order valence-corrected chi connectivity index (χ1v) is 8.61. The van der Waals surface area contributed by atoms with E-state index in [0.717, 1.165) is 24.0 Å². The molecule has 126 valence electrons. The van der Waals surface area contributed by atoms with Crippen LogP contribution < -0.4 is 4.72 Å². The van der Waals surface area contributed by atoms with E-state index < -0.39 is 21.4 Å². The van der Waals surface area contributed by atoms with Crippen molar-refractivity contribution in [3.63, 3.8) is 0 Å². The minimum absolute atomic E-state index is 0.218. The second kappa shape index (κ2) is 8.60. The molecule has 1 atom stereocenters. The molecule has 0 saturated heterocycles. The van der Waals surface area contributed by atoms with E-state index in [1.54, 1.807) is 0 Å². The van der Waals surface area contributed by atoms with Gasteiger partial charge in [0.15, 0.2) is 0 Å². The normalized spacial score (nSPS) is 14.2. The second-order valence-electron chi connectivity index (χ2n) is 5.51. The predicted molar refractivity (Wildman–Crippen MR) is 74.8 cm³/mol. The van der Waals surface area contributed by atoms with E-state index in [-0.39, 0.29) is 6.42 Å². The van der Waals surface area contributed by atoms with Gasteiger partial charge < -0.3 is 0 Å². The highest BCUT2D eigenvalue weighted by molar-refractivity contribution is 7.90. The molecule has 0 aliphatic heterocycles. The summed E-state index contributed by atoms with van der Waals surface area (Å²) < 4.78 is 58.8. The van der Waals surface area contributed by atoms with Crippen molar-refractivity contribution in [2.75, 3.05) is 0 Å². The van der Waals surface area contributed by atoms with Gasteiger partial charge in [-0.25, -0.2) is 4.72 Å². The van der Waals surface area contributed by atoms with Crippen molar-refractivity contribution in [3.8, 4) is 0 Å². The van der Waals surface area contributed by atoms with Gasteiger partial charge in [0.1, 0.15) is 0 Å². The maximum Gasteiger partial charge on any atom is 0.516 e. The monoisotopic (exact) mass is 331 g/mol. The Balaban J connectivity index is 4.25. The van der Waals surface area contributed by atoms with E-state index in [1.165, 1.54) is 0 Å². The lowest BCUT2D eigenvalue weighted by molar-refractivity contribution is -0.120. The van der Waals surface area contributed by atoms with Crippen molar-refractivity contribution < 1.29 is 26.4 Å². The largest absolute Gasteiger partial charge is 0.516 e. The van der Waals surface area contributed by atoms with Crippen LogP contribution in [0.4, 0.5) is 13.2 Å². The summed E-state index contributed by atoms with van der Waals surface area (Å²) in [6, 6.07) is 0. The fourth-order valence-electron chi connectivity index (χ4n) is 2.06. The molecule has 0 heterocycles. The average Bonchev–Trinajstić information content (AvgIpc) is 2.30. The van der Waals surface area contributed by atoms with Gasteiger partial charge in [0.25, 0.3) is 0 Å². The fraction of sp³-hybridized carbons (Fsp3) is 0.923. The summed E-state index contributed by atoms with van der Waals surface area (Å²) in [5.41, 5.74) is -5.45. The van der Waals surface area contributed by atoms with E-state index in [4.69, 9.17) is 0 Å². The lowest BCUT2D eigenvalue weighted by Crippen LogP contribution is -2.40. The zero-order chi connectivity index (χ0) is 16.7. The van der Waals surface area contributed by atoms with E-state index in [9.17, 15) is 26.4 Å². The number of hydrogen-bond donors (Lipinski definition) is 1. The van der Waals surface area contributed by atoms with Crippen molar-refractivity contribution in [2.45, 2.75) is 64.8 Å². The van der Waals surface area contributed by atoms with Gasteiger partial charge in [0.2, 0.25) is 5.91 Å². The summed E-state index contributed by atoms with van der Waals surface area (Å²) in [4.78, 5) is 11.3. The zero-order valence-electron chi connectivity index (χ0n) is 12.7. The smallest absolute Gasteiger partial charge is 0.274 e. The van der Waals surface area contributed by atoms with Gasteiger partial charge in [-0.15, -0.1) is 0 Å². The molecule has 0 aromatic heterocycles. The topological polar surface area (TPSA) is 63.2 Å². The summed E-state index contributed by atoms with van der Waals surface area (Å²) >= 11 is 0. The number of halogens is 3. The van der Waals surface area contributed by atoms with Gasteiger partial charge in [0.05, 0.1) is 0 Å². The van der Waals surface area contributed by atoms with E-state index in [2.05, 4.69) is 20.8 Å². The van der Waals surface area contributed by atoms with Crippen molar-refractivity contribution in [3.05, 3.63) is 0 Å². The predicted octanol–water partition coefficient (Wildman–Crippen LogP) is 3.58. The van der Waals surface area contributed by atoms with E-state index >= 15 is 0 Å². The summed E-state index contributed by atoms with van der Waals surface area (Å²) in [5.74, 6) is -0.277. The first-order valence-electron chi connectivity index (χ1n) is 7.13. The number of alkyl halides is 3. The summed E-state index contributed by atoms with van der Waals surface area (Å²) in [6.07, 6.45) is 4.01. The Kier molecular flexibility index (Phi) is 8.28. The minimum atomic E-state index is -5.58. The molecule has 0 spiro atoms. The molecule has 0 bridgehead atoms. The molecule has 0 aromatic rings. The molecule has 1 amide bonds. The molecule has 21 heavy (non-hydrogen) atoms. The third kappa shape index (κ3) is 7.68. The van der Waals surface area contributed by atoms with Crippen LogP contribution in [-0.4, -0.2) is 19.8 Å². The highest BCUT2D eigenvalue weighted by atomic mass is 32.2. The molecule has 0 fully saturated rings. The van der Waals surface area contributed by atoms with Gasteiger partial charge in [-0.05, 0) is 24.7 Å². The SMILES string of the molecule is CCCCC(CCCC(=O)NS(=O)(=O)C(F)(F)F)C(C)C. The molecular weight excluding hydrogens is 307 g/mol. The van der Waals surface area contributed by atoms with Crippen LogP contribution >= 0.6 is 0 Å². The minimum Gasteiger partial charge on any atom is -0.274 e. The second-order valence-corrected chi connectivity index (χ2v) is 7.19. The number of nitrogens with one attached hydrogen (secondary N) is 1. The number of hydrogen-bond acceptors (Lipinski definition) is 3. The first-order chi connectivity index (χ1) is 9.51. The maximum absolute atomic E-state index is 12.1. The molecule has 1 N–H and O–H groups in total. The first kappa shape index (κ1) is 20.2. The summed E-state index contributed by atoms with van der Waals surface area (Å²) in [6.45, 7) is 6.20. The van der Waals surface area contributed by atoms with Crippen LogP contribution in [0.3, 0.4) is 0 Å². The average molecular weight is 331 g/mol.